The van der Waals surface area contributed by atoms with Gasteiger partial charge in [-0.15, -0.1) is 5.10 Å². The molecule has 0 fully saturated rings. The lowest BCUT2D eigenvalue weighted by Gasteiger charge is -2.17. The first-order valence-electron chi connectivity index (χ1n) is 9.15. The normalized spacial score (nSPS) is 12.7. The fraction of sp³-hybridized carbons (Fsp3) is 0.235. The summed E-state index contributed by atoms with van der Waals surface area (Å²) in [5.74, 6) is -0.384. The van der Waals surface area contributed by atoms with Crippen molar-refractivity contribution >= 4 is 17.3 Å². The molecule has 9 heteroatoms. The minimum atomic E-state index is -2.65. The van der Waals surface area contributed by atoms with Gasteiger partial charge in [0.05, 0.1) is 36.4 Å². The Morgan fingerprint density at radius 2 is 2.15 bits per heavy atom. The van der Waals surface area contributed by atoms with Crippen molar-refractivity contribution in [1.82, 2.24) is 30.5 Å². The van der Waals surface area contributed by atoms with E-state index in [0.717, 1.165) is 11.1 Å². The summed E-state index contributed by atoms with van der Waals surface area (Å²) >= 11 is 0. The number of methoxy groups -OCH3 is 1. The van der Waals surface area contributed by atoms with Crippen molar-refractivity contribution in [2.45, 2.75) is 6.92 Å². The third-order valence-corrected chi connectivity index (χ3v) is 3.74. The summed E-state index contributed by atoms with van der Waals surface area (Å²) in [6, 6.07) is 5.16. The standard InChI is InChI=1S/C17H19N7O2/c1-10-5-6-12(16(26-4)14(10)13-9-20-24(3)23-13)21-11-7-8-19-22-15(11)17(25)18-2/h5-9H,1-4H3,(H,18,25)(H,19,21)/i2D3. The van der Waals surface area contributed by atoms with Crippen LogP contribution in [-0.4, -0.2) is 45.2 Å². The lowest BCUT2D eigenvalue weighted by Crippen LogP contribution is -2.21. The summed E-state index contributed by atoms with van der Waals surface area (Å²) in [5, 5.41) is 20.9. The van der Waals surface area contributed by atoms with E-state index in [9.17, 15) is 4.79 Å². The topological polar surface area (TPSA) is 107 Å². The van der Waals surface area contributed by atoms with Gasteiger partial charge in [0, 0.05) is 18.1 Å². The van der Waals surface area contributed by atoms with E-state index in [4.69, 9.17) is 8.85 Å². The minimum absolute atomic E-state index is 0.160. The highest BCUT2D eigenvalue weighted by Gasteiger charge is 2.19. The zero-order valence-electron chi connectivity index (χ0n) is 17.4. The Balaban J connectivity index is 2.03. The molecule has 0 saturated heterocycles. The number of rotatable bonds is 5. The molecule has 2 N–H and O–H groups in total. The van der Waals surface area contributed by atoms with Crippen LogP contribution in [-0.2, 0) is 7.05 Å². The Morgan fingerprint density at radius 1 is 1.31 bits per heavy atom. The van der Waals surface area contributed by atoms with Crippen molar-refractivity contribution in [2.24, 2.45) is 7.05 Å². The quantitative estimate of drug-likeness (QED) is 0.716. The van der Waals surface area contributed by atoms with E-state index in [-0.39, 0.29) is 11.4 Å². The smallest absolute Gasteiger partial charge is 0.273 e. The predicted molar refractivity (Wildman–Crippen MR) is 96.4 cm³/mol. The Labute approximate surface area is 154 Å². The molecule has 0 atom stereocenters. The number of carbonyl (C=O) groups excluding carboxylic acids is 1. The number of hydrogen-bond acceptors (Lipinski definition) is 7. The first-order chi connectivity index (χ1) is 13.7. The Bertz CT molecular complexity index is 1050. The maximum atomic E-state index is 12.3. The van der Waals surface area contributed by atoms with Gasteiger partial charge in [0.25, 0.3) is 5.91 Å². The first-order valence-corrected chi connectivity index (χ1v) is 7.65. The second kappa shape index (κ2) is 7.18. The van der Waals surface area contributed by atoms with Crippen molar-refractivity contribution in [3.05, 3.63) is 41.9 Å². The highest BCUT2D eigenvalue weighted by Crippen LogP contribution is 2.39. The van der Waals surface area contributed by atoms with E-state index in [1.165, 1.54) is 24.2 Å². The number of anilines is 2. The molecule has 3 rings (SSSR count). The van der Waals surface area contributed by atoms with Crippen molar-refractivity contribution in [3.63, 3.8) is 0 Å². The van der Waals surface area contributed by atoms with Gasteiger partial charge in [0.2, 0.25) is 0 Å². The molecule has 2 heterocycles. The van der Waals surface area contributed by atoms with E-state index in [0.29, 0.717) is 17.1 Å². The number of amides is 1. The number of ether oxygens (including phenoxy) is 1. The molecule has 1 aromatic carbocycles. The largest absolute Gasteiger partial charge is 0.494 e. The van der Waals surface area contributed by atoms with Crippen LogP contribution in [0.1, 0.15) is 20.2 Å². The Morgan fingerprint density at radius 3 is 2.85 bits per heavy atom. The lowest BCUT2D eigenvalue weighted by molar-refractivity contribution is 0.0958. The van der Waals surface area contributed by atoms with E-state index >= 15 is 0 Å². The molecule has 0 radical (unpaired) electrons. The summed E-state index contributed by atoms with van der Waals surface area (Å²) in [5.41, 5.74) is 2.93. The molecule has 0 aliphatic rings. The number of benzene rings is 1. The van der Waals surface area contributed by atoms with Gasteiger partial charge in [0.1, 0.15) is 5.69 Å². The fourth-order valence-electron chi connectivity index (χ4n) is 2.57. The average Bonchev–Trinajstić information content (AvgIpc) is 3.07. The van der Waals surface area contributed by atoms with Crippen LogP contribution in [0.25, 0.3) is 11.3 Å². The molecular formula is C17H19N7O2. The van der Waals surface area contributed by atoms with E-state index in [1.54, 1.807) is 19.3 Å². The van der Waals surface area contributed by atoms with Gasteiger partial charge in [0.15, 0.2) is 11.4 Å². The van der Waals surface area contributed by atoms with Gasteiger partial charge >= 0.3 is 0 Å². The molecule has 134 valence electrons. The van der Waals surface area contributed by atoms with Gasteiger partial charge in [-0.2, -0.15) is 20.1 Å². The van der Waals surface area contributed by atoms with E-state index in [1.807, 2.05) is 18.3 Å². The zero-order chi connectivity index (χ0) is 21.2. The molecule has 0 aliphatic carbocycles. The molecule has 1 amide bonds. The van der Waals surface area contributed by atoms with Crippen LogP contribution >= 0.6 is 0 Å². The van der Waals surface area contributed by atoms with Gasteiger partial charge in [-0.3, -0.25) is 4.79 Å². The van der Waals surface area contributed by atoms with Crippen molar-refractivity contribution in [2.75, 3.05) is 19.4 Å². The van der Waals surface area contributed by atoms with E-state index < -0.39 is 12.9 Å². The van der Waals surface area contributed by atoms with Gasteiger partial charge in [-0.05, 0) is 24.6 Å². The molecular weight excluding hydrogens is 334 g/mol. The van der Waals surface area contributed by atoms with Crippen LogP contribution < -0.4 is 15.4 Å². The molecule has 0 aliphatic heterocycles. The van der Waals surface area contributed by atoms with Crippen LogP contribution in [0.3, 0.4) is 0 Å². The molecule has 26 heavy (non-hydrogen) atoms. The predicted octanol–water partition coefficient (Wildman–Crippen LogP) is 1.69. The molecule has 2 aromatic heterocycles. The number of nitrogens with one attached hydrogen (secondary N) is 2. The third kappa shape index (κ3) is 3.18. The van der Waals surface area contributed by atoms with Crippen LogP contribution in [0.5, 0.6) is 5.75 Å². The van der Waals surface area contributed by atoms with Crippen molar-refractivity contribution < 1.29 is 13.6 Å². The molecule has 0 bridgehead atoms. The Hall–Kier alpha value is -3.49. The number of aryl methyl sites for hydroxylation is 2. The summed E-state index contributed by atoms with van der Waals surface area (Å²) in [7, 11) is 3.23. The zero-order valence-corrected chi connectivity index (χ0v) is 14.4. The number of nitrogens with zero attached hydrogens (tertiary/aromatic N) is 5. The van der Waals surface area contributed by atoms with Gasteiger partial charge in [-0.25, -0.2) is 0 Å². The summed E-state index contributed by atoms with van der Waals surface area (Å²) in [6.07, 6.45) is 3.01. The van der Waals surface area contributed by atoms with Gasteiger partial charge < -0.3 is 15.4 Å². The molecule has 9 nitrogen and oxygen atoms in total. The average molecular weight is 356 g/mol. The minimum Gasteiger partial charge on any atom is -0.494 e. The van der Waals surface area contributed by atoms with Crippen LogP contribution in [0.15, 0.2) is 30.6 Å². The number of hydrogen-bond donors (Lipinski definition) is 2. The monoisotopic (exact) mass is 356 g/mol. The van der Waals surface area contributed by atoms with Crippen molar-refractivity contribution in [1.29, 1.82) is 0 Å². The third-order valence-electron chi connectivity index (χ3n) is 3.74. The maximum absolute atomic E-state index is 12.3. The SMILES string of the molecule is [2H]C([2H])([2H])NC(=O)c1nnccc1Nc1ccc(C)c(-c2cnn(C)n2)c1OC. The fourth-order valence-corrected chi connectivity index (χ4v) is 2.57. The number of aromatic nitrogens is 5. The van der Waals surface area contributed by atoms with E-state index in [2.05, 4.69) is 25.7 Å². The lowest BCUT2D eigenvalue weighted by atomic mass is 10.0. The van der Waals surface area contributed by atoms with Crippen LogP contribution in [0.2, 0.25) is 0 Å². The molecule has 3 aromatic rings. The molecule has 0 unspecified atom stereocenters. The molecule has 0 spiro atoms. The molecule has 0 saturated carbocycles. The maximum Gasteiger partial charge on any atom is 0.273 e. The highest BCUT2D eigenvalue weighted by molar-refractivity contribution is 5.98. The second-order valence-electron chi connectivity index (χ2n) is 5.43. The highest BCUT2D eigenvalue weighted by atomic mass is 16.5. The number of carbonyl (C=O) groups is 1. The second-order valence-corrected chi connectivity index (χ2v) is 5.43. The van der Waals surface area contributed by atoms with Crippen molar-refractivity contribution in [3.8, 4) is 17.0 Å². The van der Waals surface area contributed by atoms with Crippen LogP contribution in [0, 0.1) is 6.92 Å². The first kappa shape index (κ1) is 13.8. The summed E-state index contributed by atoms with van der Waals surface area (Å²) in [4.78, 5) is 13.7. The van der Waals surface area contributed by atoms with Crippen LogP contribution in [0.4, 0.5) is 11.4 Å². The Kier molecular flexibility index (Phi) is 3.80. The van der Waals surface area contributed by atoms with Gasteiger partial charge in [-0.1, -0.05) is 6.07 Å². The summed E-state index contributed by atoms with van der Waals surface area (Å²) in [6.45, 7) is -0.730. The summed E-state index contributed by atoms with van der Waals surface area (Å²) < 4.78 is 27.2.